The molecule has 0 fully saturated rings. The number of oxime groups is 1. The highest BCUT2D eigenvalue weighted by Gasteiger charge is 2.35. The molecule has 0 amide bonds. The van der Waals surface area contributed by atoms with Crippen LogP contribution in [0.25, 0.3) is 0 Å². The van der Waals surface area contributed by atoms with Gasteiger partial charge in [-0.3, -0.25) is 4.79 Å². The quantitative estimate of drug-likeness (QED) is 0.322. The molecule has 0 aliphatic carbocycles. The molecule has 1 aliphatic heterocycles. The largest absolute Gasteiger partial charge is 0.466 e. The number of esters is 1. The van der Waals surface area contributed by atoms with Crippen molar-refractivity contribution in [1.29, 1.82) is 0 Å². The van der Waals surface area contributed by atoms with Gasteiger partial charge in [-0.05, 0) is 6.92 Å². The lowest BCUT2D eigenvalue weighted by atomic mass is 9.96. The van der Waals surface area contributed by atoms with Crippen LogP contribution in [0.4, 0.5) is 0 Å². The Morgan fingerprint density at radius 3 is 2.94 bits per heavy atom. The first-order valence-corrected chi connectivity index (χ1v) is 6.26. The average Bonchev–Trinajstić information content (AvgIpc) is 2.30. The van der Waals surface area contributed by atoms with Crippen molar-refractivity contribution in [3.63, 3.8) is 0 Å². The summed E-state index contributed by atoms with van der Waals surface area (Å²) in [6, 6.07) is 0.0803. The summed E-state index contributed by atoms with van der Waals surface area (Å²) >= 11 is 0. The Hall–Kier alpha value is -1.36. The molecule has 1 atom stereocenters. The fourth-order valence-corrected chi connectivity index (χ4v) is 2.25. The van der Waals surface area contributed by atoms with E-state index in [1.54, 1.807) is 6.21 Å². The van der Waals surface area contributed by atoms with Crippen molar-refractivity contribution >= 4 is 12.2 Å². The van der Waals surface area contributed by atoms with E-state index in [9.17, 15) is 4.79 Å². The highest BCUT2D eigenvalue weighted by atomic mass is 16.6. The van der Waals surface area contributed by atoms with Gasteiger partial charge in [0.1, 0.15) is 19.6 Å². The minimum absolute atomic E-state index is 0.0803. The van der Waals surface area contributed by atoms with Gasteiger partial charge in [0.05, 0.1) is 33.5 Å². The molecule has 5 heteroatoms. The number of ether oxygens (including phenoxy) is 1. The van der Waals surface area contributed by atoms with E-state index in [0.29, 0.717) is 13.0 Å². The second-order valence-corrected chi connectivity index (χ2v) is 4.94. The van der Waals surface area contributed by atoms with Gasteiger partial charge in [0.25, 0.3) is 0 Å². The minimum Gasteiger partial charge on any atom is -0.466 e. The summed E-state index contributed by atoms with van der Waals surface area (Å²) in [5.74, 6) is -0.160. The first-order chi connectivity index (χ1) is 8.51. The summed E-state index contributed by atoms with van der Waals surface area (Å²) in [6.45, 7) is 3.25. The molecule has 0 aromatic heterocycles. The molecule has 0 saturated heterocycles. The van der Waals surface area contributed by atoms with Gasteiger partial charge < -0.3 is 14.1 Å². The zero-order valence-corrected chi connectivity index (χ0v) is 11.7. The molecule has 0 N–H and O–H groups in total. The van der Waals surface area contributed by atoms with Crippen LogP contribution >= 0.6 is 0 Å². The first-order valence-electron chi connectivity index (χ1n) is 6.26. The van der Waals surface area contributed by atoms with Crippen LogP contribution in [0, 0.1) is 0 Å². The summed E-state index contributed by atoms with van der Waals surface area (Å²) in [7, 11) is 5.76. The van der Waals surface area contributed by atoms with Crippen molar-refractivity contribution in [2.75, 3.05) is 34.4 Å². The lowest BCUT2D eigenvalue weighted by molar-refractivity contribution is -0.910. The maximum absolute atomic E-state index is 11.7. The monoisotopic (exact) mass is 255 g/mol. The first kappa shape index (κ1) is 14.7. The van der Waals surface area contributed by atoms with Gasteiger partial charge in [0, 0.05) is 12.0 Å². The molecule has 1 aliphatic rings. The van der Waals surface area contributed by atoms with Crippen LogP contribution in [0.2, 0.25) is 0 Å². The smallest absolute Gasteiger partial charge is 0.312 e. The molecule has 0 bridgehead atoms. The number of carbonyl (C=O) groups is 1. The predicted octanol–water partition coefficient (Wildman–Crippen LogP) is 1.35. The van der Waals surface area contributed by atoms with E-state index in [0.717, 1.165) is 23.0 Å². The summed E-state index contributed by atoms with van der Waals surface area (Å²) < 4.78 is 5.80. The zero-order chi connectivity index (χ0) is 13.6. The van der Waals surface area contributed by atoms with Crippen LogP contribution in [0.3, 0.4) is 0 Å². The van der Waals surface area contributed by atoms with E-state index in [1.165, 1.54) is 7.11 Å². The average molecular weight is 255 g/mol. The minimum atomic E-state index is -0.160. The van der Waals surface area contributed by atoms with Gasteiger partial charge in [-0.25, -0.2) is 0 Å². The molecule has 18 heavy (non-hydrogen) atoms. The van der Waals surface area contributed by atoms with Crippen molar-refractivity contribution < 1.29 is 18.9 Å². The number of hydrogen-bond donors (Lipinski definition) is 0. The molecular weight excluding hydrogens is 232 g/mol. The van der Waals surface area contributed by atoms with Gasteiger partial charge in [-0.1, -0.05) is 11.2 Å². The fraction of sp³-hybridized carbons (Fsp3) is 0.692. The molecule has 1 heterocycles. The molecule has 5 nitrogen and oxygen atoms in total. The summed E-state index contributed by atoms with van der Waals surface area (Å²) in [6.07, 6.45) is 5.18. The molecule has 0 aromatic carbocycles. The number of carbonyl (C=O) groups excluding carboxylic acids is 1. The zero-order valence-electron chi connectivity index (χ0n) is 11.7. The number of rotatable bonds is 5. The van der Waals surface area contributed by atoms with E-state index < -0.39 is 0 Å². The Morgan fingerprint density at radius 2 is 2.33 bits per heavy atom. The Labute approximate surface area is 109 Å². The lowest BCUT2D eigenvalue weighted by Gasteiger charge is -2.40. The molecule has 102 valence electrons. The predicted molar refractivity (Wildman–Crippen MR) is 70.2 cm³/mol. The standard InChI is InChI=1S/C13H23N2O3/c1-5-18-13(16)9-12-11(10-14-17-4)7-6-8-15(12,2)3/h7,10,12H,5-6,8-9H2,1-4H3/q+1. The Bertz CT molecular complexity index is 348. The molecule has 0 radical (unpaired) electrons. The third-order valence-corrected chi connectivity index (χ3v) is 3.29. The summed E-state index contributed by atoms with van der Waals surface area (Å²) in [4.78, 5) is 16.4. The van der Waals surface area contributed by atoms with Crippen molar-refractivity contribution in [3.05, 3.63) is 11.6 Å². The maximum Gasteiger partial charge on any atom is 0.312 e. The molecule has 1 unspecified atom stereocenters. The summed E-state index contributed by atoms with van der Waals surface area (Å²) in [5, 5.41) is 3.81. The van der Waals surface area contributed by atoms with Gasteiger partial charge in [-0.2, -0.15) is 0 Å². The van der Waals surface area contributed by atoms with Gasteiger partial charge in [-0.15, -0.1) is 0 Å². The van der Waals surface area contributed by atoms with Crippen molar-refractivity contribution in [2.45, 2.75) is 25.8 Å². The van der Waals surface area contributed by atoms with E-state index in [1.807, 2.05) is 6.92 Å². The number of hydrogen-bond acceptors (Lipinski definition) is 4. The van der Waals surface area contributed by atoms with Gasteiger partial charge in [0.15, 0.2) is 0 Å². The van der Waals surface area contributed by atoms with Crippen molar-refractivity contribution in [3.8, 4) is 0 Å². The Balaban J connectivity index is 2.83. The molecule has 1 rings (SSSR count). The van der Waals surface area contributed by atoms with Gasteiger partial charge >= 0.3 is 5.97 Å². The molecular formula is C13H23N2O3+. The van der Waals surface area contributed by atoms with Crippen LogP contribution in [-0.2, 0) is 14.4 Å². The van der Waals surface area contributed by atoms with Crippen LogP contribution in [0.5, 0.6) is 0 Å². The molecule has 0 spiro atoms. The van der Waals surface area contributed by atoms with Crippen LogP contribution in [0.15, 0.2) is 16.8 Å². The maximum atomic E-state index is 11.7. The van der Waals surface area contributed by atoms with Crippen LogP contribution in [0.1, 0.15) is 19.8 Å². The SMILES string of the molecule is CCOC(=O)CC1C(C=NOC)=CCC[N+]1(C)C. The molecule has 0 saturated carbocycles. The van der Waals surface area contributed by atoms with E-state index >= 15 is 0 Å². The Morgan fingerprint density at radius 1 is 1.61 bits per heavy atom. The van der Waals surface area contributed by atoms with E-state index in [-0.39, 0.29) is 12.0 Å². The number of likely N-dealkylation sites (N-methyl/N-ethyl adjacent to an activating group) is 1. The van der Waals surface area contributed by atoms with Crippen molar-refractivity contribution in [1.82, 2.24) is 0 Å². The number of nitrogens with zero attached hydrogens (tertiary/aromatic N) is 2. The molecule has 0 aromatic rings. The third kappa shape index (κ3) is 3.84. The number of quaternary nitrogens is 1. The third-order valence-electron chi connectivity index (χ3n) is 3.29. The fourth-order valence-electron chi connectivity index (χ4n) is 2.25. The van der Waals surface area contributed by atoms with Gasteiger partial charge in [0.2, 0.25) is 0 Å². The topological polar surface area (TPSA) is 47.9 Å². The highest BCUT2D eigenvalue weighted by Crippen LogP contribution is 2.24. The van der Waals surface area contributed by atoms with E-state index in [4.69, 9.17) is 9.57 Å². The Kier molecular flexibility index (Phi) is 5.34. The second-order valence-electron chi connectivity index (χ2n) is 4.94. The van der Waals surface area contributed by atoms with Crippen LogP contribution in [-0.4, -0.2) is 57.1 Å². The van der Waals surface area contributed by atoms with E-state index in [2.05, 4.69) is 25.3 Å². The van der Waals surface area contributed by atoms with Crippen molar-refractivity contribution in [2.24, 2.45) is 5.16 Å². The normalized spacial score (nSPS) is 22.7. The summed E-state index contributed by atoms with van der Waals surface area (Å²) in [5.41, 5.74) is 1.04. The highest BCUT2D eigenvalue weighted by molar-refractivity contribution is 5.82. The van der Waals surface area contributed by atoms with Crippen LogP contribution < -0.4 is 0 Å². The second kappa shape index (κ2) is 6.54. The lowest BCUT2D eigenvalue weighted by Crippen LogP contribution is -2.53.